The van der Waals surface area contributed by atoms with Gasteiger partial charge in [0.05, 0.1) is 34.4 Å². The number of allylic oxidation sites excluding steroid dienone is 4. The van der Waals surface area contributed by atoms with E-state index in [0.717, 1.165) is 56.2 Å². The number of fused-ring (bicyclic) bond motifs is 10. The maximum atomic E-state index is 6.63. The zero-order valence-electron chi connectivity index (χ0n) is 26.8. The van der Waals surface area contributed by atoms with Crippen molar-refractivity contribution < 1.29 is 4.42 Å². The van der Waals surface area contributed by atoms with Gasteiger partial charge < -0.3 is 19.2 Å². The van der Waals surface area contributed by atoms with E-state index in [0.29, 0.717) is 0 Å². The van der Waals surface area contributed by atoms with Crippen LogP contribution in [-0.4, -0.2) is 17.7 Å². The molecule has 1 aliphatic heterocycles. The largest absolute Gasteiger partial charge is 0.460 e. The first kappa shape index (κ1) is 28.1. The van der Waals surface area contributed by atoms with Crippen LogP contribution in [0.2, 0.25) is 0 Å². The van der Waals surface area contributed by atoms with Crippen LogP contribution in [0.1, 0.15) is 29.7 Å². The molecule has 0 spiro atoms. The van der Waals surface area contributed by atoms with E-state index in [4.69, 9.17) is 10.8 Å². The monoisotopic (exact) mass is 619 g/mol. The molecular formula is C44H33N3O. The molecule has 48 heavy (non-hydrogen) atoms. The number of rotatable bonds is 5. The quantitative estimate of drug-likeness (QED) is 0.154. The minimum Gasteiger partial charge on any atom is -0.460 e. The van der Waals surface area contributed by atoms with Gasteiger partial charge in [0, 0.05) is 45.7 Å². The van der Waals surface area contributed by atoms with Gasteiger partial charge in [-0.1, -0.05) is 103 Å². The fourth-order valence-electron chi connectivity index (χ4n) is 7.94. The molecule has 4 nitrogen and oxygen atoms in total. The smallest absolute Gasteiger partial charge is 0.134 e. The van der Waals surface area contributed by atoms with Gasteiger partial charge in [-0.3, -0.25) is 0 Å². The third kappa shape index (κ3) is 3.98. The highest BCUT2D eigenvalue weighted by Crippen LogP contribution is 2.53. The van der Waals surface area contributed by atoms with Crippen molar-refractivity contribution in [2.24, 2.45) is 0 Å². The molecule has 0 saturated heterocycles. The fraction of sp³-hybridized carbons (Fsp3) is 0.0909. The van der Waals surface area contributed by atoms with Gasteiger partial charge in [0.2, 0.25) is 0 Å². The van der Waals surface area contributed by atoms with Crippen LogP contribution >= 0.6 is 0 Å². The van der Waals surface area contributed by atoms with E-state index in [-0.39, 0.29) is 12.0 Å². The average Bonchev–Trinajstić information content (AvgIpc) is 3.79. The van der Waals surface area contributed by atoms with Crippen LogP contribution in [0, 0.1) is 12.3 Å². The molecule has 2 atom stereocenters. The van der Waals surface area contributed by atoms with Gasteiger partial charge in [-0.05, 0) is 60.5 Å². The van der Waals surface area contributed by atoms with Gasteiger partial charge in [0.15, 0.2) is 0 Å². The lowest BCUT2D eigenvalue weighted by Crippen LogP contribution is -2.33. The lowest BCUT2D eigenvalue weighted by Gasteiger charge is -2.29. The third-order valence-electron chi connectivity index (χ3n) is 9.95. The molecule has 4 heteroatoms. The van der Waals surface area contributed by atoms with Gasteiger partial charge in [-0.15, -0.1) is 6.42 Å². The first-order valence-corrected chi connectivity index (χ1v) is 16.4. The molecular weight excluding hydrogens is 587 g/mol. The SMILES string of the molecule is C#C/C(=C\C=C/C)N1c2cc(-c3c(NC)cccc3-n3c4ccccc4c4ccccc43)ccc2C2c3oc4ccccc4c3C=CC21. The van der Waals surface area contributed by atoms with E-state index >= 15 is 0 Å². The number of terminal acetylenes is 1. The number of benzene rings is 5. The van der Waals surface area contributed by atoms with Crippen LogP contribution in [0.15, 0.2) is 144 Å². The van der Waals surface area contributed by atoms with Crippen molar-refractivity contribution >= 4 is 50.2 Å². The molecule has 1 N–H and O–H groups in total. The van der Waals surface area contributed by atoms with Gasteiger partial charge in [-0.25, -0.2) is 0 Å². The minimum absolute atomic E-state index is 0.000145. The summed E-state index contributed by atoms with van der Waals surface area (Å²) in [6, 6.07) is 39.0. The molecule has 7 aromatic rings. The van der Waals surface area contributed by atoms with Crippen molar-refractivity contribution in [1.82, 2.24) is 4.57 Å². The van der Waals surface area contributed by atoms with Crippen LogP contribution < -0.4 is 10.2 Å². The first-order valence-electron chi connectivity index (χ1n) is 16.4. The first-order chi connectivity index (χ1) is 23.7. The second kappa shape index (κ2) is 11.0. The van der Waals surface area contributed by atoms with E-state index in [1.165, 1.54) is 27.4 Å². The molecule has 0 bridgehead atoms. The molecule has 0 fully saturated rings. The number of hydrogen-bond acceptors (Lipinski definition) is 3. The van der Waals surface area contributed by atoms with Gasteiger partial charge in [0.25, 0.3) is 0 Å². The Hall–Kier alpha value is -6.18. The molecule has 0 radical (unpaired) electrons. The zero-order chi connectivity index (χ0) is 32.4. The molecule has 0 saturated carbocycles. The number of furan rings is 1. The lowest BCUT2D eigenvalue weighted by atomic mass is 9.85. The van der Waals surface area contributed by atoms with E-state index in [9.17, 15) is 0 Å². The summed E-state index contributed by atoms with van der Waals surface area (Å²) in [5.41, 5.74) is 11.9. The number of nitrogens with one attached hydrogen (secondary N) is 1. The summed E-state index contributed by atoms with van der Waals surface area (Å²) in [5, 5.41) is 7.11. The summed E-state index contributed by atoms with van der Waals surface area (Å²) in [4.78, 5) is 2.32. The Morgan fingerprint density at radius 2 is 1.56 bits per heavy atom. The van der Waals surface area contributed by atoms with E-state index in [1.807, 2.05) is 38.3 Å². The summed E-state index contributed by atoms with van der Waals surface area (Å²) in [7, 11) is 1.99. The van der Waals surface area contributed by atoms with Gasteiger partial charge in [0.1, 0.15) is 11.3 Å². The van der Waals surface area contributed by atoms with Gasteiger partial charge in [-0.2, -0.15) is 0 Å². The molecule has 5 aromatic carbocycles. The van der Waals surface area contributed by atoms with Crippen molar-refractivity contribution in [3.05, 3.63) is 156 Å². The van der Waals surface area contributed by atoms with Crippen molar-refractivity contribution in [3.63, 3.8) is 0 Å². The van der Waals surface area contributed by atoms with Crippen LogP contribution in [0.3, 0.4) is 0 Å². The van der Waals surface area contributed by atoms with Crippen molar-refractivity contribution in [3.8, 4) is 29.2 Å². The predicted molar refractivity (Wildman–Crippen MR) is 201 cm³/mol. The summed E-state index contributed by atoms with van der Waals surface area (Å²) in [6.45, 7) is 2.01. The number of para-hydroxylation sites is 3. The van der Waals surface area contributed by atoms with Crippen LogP contribution in [0.5, 0.6) is 0 Å². The second-order valence-electron chi connectivity index (χ2n) is 12.4. The number of aromatic nitrogens is 1. The highest BCUT2D eigenvalue weighted by Gasteiger charge is 2.44. The molecule has 3 heterocycles. The third-order valence-corrected chi connectivity index (χ3v) is 9.95. The highest BCUT2D eigenvalue weighted by atomic mass is 16.3. The Morgan fingerprint density at radius 1 is 0.833 bits per heavy atom. The van der Waals surface area contributed by atoms with Crippen LogP contribution in [-0.2, 0) is 0 Å². The topological polar surface area (TPSA) is 33.3 Å². The van der Waals surface area contributed by atoms with E-state index in [1.54, 1.807) is 0 Å². The number of nitrogens with zero attached hydrogens (tertiary/aromatic N) is 2. The molecule has 2 aromatic heterocycles. The van der Waals surface area contributed by atoms with E-state index in [2.05, 4.69) is 136 Å². The summed E-state index contributed by atoms with van der Waals surface area (Å²) >= 11 is 0. The standard InChI is InChI=1S/C44H33N3O/c1-4-6-14-29(5-2)46-39-26-25-33-32-17-9-12-22-41(32)48-44(33)43(39)34-24-23-28(27-40(34)46)42-35(45-3)18-13-21-38(42)47-36-19-10-7-15-30(36)31-16-8-11-20-37(31)47/h2,4,6-27,39,43,45H,1,3H3/b6-4-,29-14+. The van der Waals surface area contributed by atoms with Crippen LogP contribution in [0.4, 0.5) is 11.4 Å². The molecule has 2 unspecified atom stereocenters. The Kier molecular flexibility index (Phi) is 6.42. The molecule has 1 aliphatic carbocycles. The lowest BCUT2D eigenvalue weighted by molar-refractivity contribution is 0.503. The average molecular weight is 620 g/mol. The molecule has 2 aliphatic rings. The maximum absolute atomic E-state index is 6.63. The normalized spacial score (nSPS) is 16.9. The van der Waals surface area contributed by atoms with Crippen molar-refractivity contribution in [2.75, 3.05) is 17.3 Å². The Bertz CT molecular complexity index is 2500. The summed E-state index contributed by atoms with van der Waals surface area (Å²) in [5.74, 6) is 4.00. The Morgan fingerprint density at radius 3 is 2.29 bits per heavy atom. The molecule has 0 amide bonds. The van der Waals surface area contributed by atoms with Gasteiger partial charge >= 0.3 is 0 Å². The minimum atomic E-state index is -0.0211. The number of hydrogen-bond donors (Lipinski definition) is 1. The fourth-order valence-corrected chi connectivity index (χ4v) is 7.94. The Labute approximate surface area is 279 Å². The second-order valence-corrected chi connectivity index (χ2v) is 12.4. The van der Waals surface area contributed by atoms with E-state index < -0.39 is 0 Å². The summed E-state index contributed by atoms with van der Waals surface area (Å²) in [6.07, 6.45) is 16.8. The zero-order valence-corrected chi connectivity index (χ0v) is 26.8. The predicted octanol–water partition coefficient (Wildman–Crippen LogP) is 10.7. The number of anilines is 2. The van der Waals surface area contributed by atoms with Crippen molar-refractivity contribution in [1.29, 1.82) is 0 Å². The molecule has 230 valence electrons. The Balaban J connectivity index is 1.30. The molecule has 9 rings (SSSR count). The van der Waals surface area contributed by atoms with Crippen molar-refractivity contribution in [2.45, 2.75) is 18.9 Å². The maximum Gasteiger partial charge on any atom is 0.134 e. The highest BCUT2D eigenvalue weighted by molar-refractivity contribution is 6.10. The summed E-state index contributed by atoms with van der Waals surface area (Å²) < 4.78 is 9.03. The van der Waals surface area contributed by atoms with Crippen LogP contribution in [0.25, 0.3) is 55.7 Å².